The minimum atomic E-state index is 0.320. The Morgan fingerprint density at radius 2 is 1.86 bits per heavy atom. The molecule has 0 radical (unpaired) electrons. The van der Waals surface area contributed by atoms with Crippen LogP contribution in [-0.2, 0) is 6.54 Å². The van der Waals surface area contributed by atoms with E-state index in [9.17, 15) is 0 Å². The smallest absolute Gasteiger partial charge is 0.169 e. The molecule has 0 aliphatic heterocycles. The Balaban J connectivity index is 1.88. The molecule has 2 aromatic rings. The van der Waals surface area contributed by atoms with Crippen molar-refractivity contribution in [3.63, 3.8) is 0 Å². The molecule has 21 heavy (non-hydrogen) atoms. The predicted molar refractivity (Wildman–Crippen MR) is 84.6 cm³/mol. The fourth-order valence-corrected chi connectivity index (χ4v) is 2.51. The number of aromatic nitrogens is 3. The molecule has 0 saturated carbocycles. The Morgan fingerprint density at radius 1 is 1.19 bits per heavy atom. The molecule has 0 unspecified atom stereocenters. The minimum Gasteiger partial charge on any atom is -0.494 e. The van der Waals surface area contributed by atoms with Gasteiger partial charge in [0, 0.05) is 13.0 Å². The lowest BCUT2D eigenvalue weighted by atomic mass is 10.1. The van der Waals surface area contributed by atoms with Crippen molar-refractivity contribution in [2.75, 3.05) is 12.3 Å². The fraction of sp³-hybridized carbons (Fsp3) is 0.500. The number of aryl methyl sites for hydroxylation is 3. The van der Waals surface area contributed by atoms with Crippen molar-refractivity contribution in [3.05, 3.63) is 35.0 Å². The molecule has 2 rings (SSSR count). The Kier molecular flexibility index (Phi) is 4.83. The molecule has 0 saturated heterocycles. The molecule has 1 aromatic carbocycles. The summed E-state index contributed by atoms with van der Waals surface area (Å²) in [5.41, 5.74) is 9.28. The summed E-state index contributed by atoms with van der Waals surface area (Å²) >= 11 is 0. The normalized spacial score (nSPS) is 11.1. The molecule has 0 spiro atoms. The van der Waals surface area contributed by atoms with Gasteiger partial charge in [0.2, 0.25) is 0 Å². The predicted octanol–water partition coefficient (Wildman–Crippen LogP) is 3.07. The van der Waals surface area contributed by atoms with E-state index < -0.39 is 0 Å². The maximum absolute atomic E-state index is 5.85. The van der Waals surface area contributed by atoms with Gasteiger partial charge in [-0.3, -0.25) is 0 Å². The van der Waals surface area contributed by atoms with E-state index >= 15 is 0 Å². The number of nitrogen functional groups attached to an aromatic ring is 1. The highest BCUT2D eigenvalue weighted by molar-refractivity contribution is 5.35. The molecule has 0 fully saturated rings. The topological polar surface area (TPSA) is 66.0 Å². The second-order valence-electron chi connectivity index (χ2n) is 5.76. The largest absolute Gasteiger partial charge is 0.494 e. The zero-order chi connectivity index (χ0) is 15.4. The first-order valence-electron chi connectivity index (χ1n) is 7.37. The van der Waals surface area contributed by atoms with Gasteiger partial charge in [-0.25, -0.2) is 4.68 Å². The van der Waals surface area contributed by atoms with Crippen LogP contribution in [-0.4, -0.2) is 21.6 Å². The Hall–Kier alpha value is -2.04. The lowest BCUT2D eigenvalue weighted by Crippen LogP contribution is -2.10. The summed E-state index contributed by atoms with van der Waals surface area (Å²) in [5, 5.41) is 8.04. The lowest BCUT2D eigenvalue weighted by molar-refractivity contribution is 0.296. The minimum absolute atomic E-state index is 0.320. The first-order chi connectivity index (χ1) is 9.97. The summed E-state index contributed by atoms with van der Waals surface area (Å²) in [6, 6.07) is 6.25. The molecule has 5 heteroatoms. The summed E-state index contributed by atoms with van der Waals surface area (Å²) in [4.78, 5) is 0. The van der Waals surface area contributed by atoms with E-state index in [0.717, 1.165) is 24.4 Å². The van der Waals surface area contributed by atoms with Gasteiger partial charge in [-0.15, -0.1) is 5.10 Å². The molecule has 0 aliphatic carbocycles. The second-order valence-corrected chi connectivity index (χ2v) is 5.76. The van der Waals surface area contributed by atoms with Crippen molar-refractivity contribution in [2.45, 2.75) is 46.6 Å². The third kappa shape index (κ3) is 3.97. The average Bonchev–Trinajstić information content (AvgIpc) is 2.75. The van der Waals surface area contributed by atoms with Crippen LogP contribution in [0, 0.1) is 13.8 Å². The van der Waals surface area contributed by atoms with Crippen LogP contribution in [0.25, 0.3) is 0 Å². The number of hydrogen-bond acceptors (Lipinski definition) is 4. The second kappa shape index (κ2) is 6.61. The molecular weight excluding hydrogens is 264 g/mol. The van der Waals surface area contributed by atoms with Crippen molar-refractivity contribution in [1.82, 2.24) is 15.0 Å². The molecule has 1 aromatic heterocycles. The van der Waals surface area contributed by atoms with Gasteiger partial charge in [0.25, 0.3) is 0 Å². The SMILES string of the molecule is Cc1cc(C)cc(OCCCn2nnc(N)c2C(C)C)c1. The van der Waals surface area contributed by atoms with Gasteiger partial charge in [0.15, 0.2) is 5.82 Å². The van der Waals surface area contributed by atoms with E-state index in [4.69, 9.17) is 10.5 Å². The molecule has 0 aliphatic rings. The van der Waals surface area contributed by atoms with Crippen LogP contribution >= 0.6 is 0 Å². The van der Waals surface area contributed by atoms with Crippen LogP contribution in [0.4, 0.5) is 5.82 Å². The Labute approximate surface area is 126 Å². The molecule has 0 bridgehead atoms. The van der Waals surface area contributed by atoms with E-state index in [1.165, 1.54) is 11.1 Å². The van der Waals surface area contributed by atoms with Gasteiger partial charge in [-0.1, -0.05) is 25.1 Å². The van der Waals surface area contributed by atoms with E-state index in [0.29, 0.717) is 18.3 Å². The molecular formula is C16H24N4O. The average molecular weight is 288 g/mol. The van der Waals surface area contributed by atoms with Crippen LogP contribution in [0.2, 0.25) is 0 Å². The maximum Gasteiger partial charge on any atom is 0.169 e. The van der Waals surface area contributed by atoms with Gasteiger partial charge in [-0.2, -0.15) is 0 Å². The number of anilines is 1. The van der Waals surface area contributed by atoms with Crippen molar-refractivity contribution < 1.29 is 4.74 Å². The van der Waals surface area contributed by atoms with E-state index in [2.05, 4.69) is 56.2 Å². The fourth-order valence-electron chi connectivity index (χ4n) is 2.51. The van der Waals surface area contributed by atoms with Crippen LogP contribution in [0.5, 0.6) is 5.75 Å². The van der Waals surface area contributed by atoms with E-state index in [1.54, 1.807) is 0 Å². The van der Waals surface area contributed by atoms with Crippen molar-refractivity contribution >= 4 is 5.82 Å². The zero-order valence-corrected chi connectivity index (χ0v) is 13.3. The maximum atomic E-state index is 5.85. The van der Waals surface area contributed by atoms with E-state index in [-0.39, 0.29) is 0 Å². The molecule has 1 heterocycles. The van der Waals surface area contributed by atoms with Crippen molar-refractivity contribution in [3.8, 4) is 5.75 Å². The molecule has 0 atom stereocenters. The summed E-state index contributed by atoms with van der Waals surface area (Å²) in [7, 11) is 0. The standard InChI is InChI=1S/C16H24N4O/c1-11(2)15-16(17)18-19-20(15)6-5-7-21-14-9-12(3)8-13(4)10-14/h8-11H,5-7,17H2,1-4H3. The number of hydrogen-bond donors (Lipinski definition) is 1. The number of rotatable bonds is 6. The van der Waals surface area contributed by atoms with Crippen molar-refractivity contribution in [1.29, 1.82) is 0 Å². The third-order valence-electron chi connectivity index (χ3n) is 3.33. The number of nitrogens with two attached hydrogens (primary N) is 1. The van der Waals surface area contributed by atoms with Crippen molar-refractivity contribution in [2.24, 2.45) is 0 Å². The van der Waals surface area contributed by atoms with Crippen LogP contribution < -0.4 is 10.5 Å². The quantitative estimate of drug-likeness (QED) is 0.830. The van der Waals surface area contributed by atoms with Crippen LogP contribution in [0.3, 0.4) is 0 Å². The molecule has 2 N–H and O–H groups in total. The number of benzene rings is 1. The first-order valence-corrected chi connectivity index (χ1v) is 7.37. The number of ether oxygens (including phenoxy) is 1. The molecule has 5 nitrogen and oxygen atoms in total. The van der Waals surface area contributed by atoms with Gasteiger partial charge >= 0.3 is 0 Å². The summed E-state index contributed by atoms with van der Waals surface area (Å²) < 4.78 is 7.68. The number of nitrogens with zero attached hydrogens (tertiary/aromatic N) is 3. The highest BCUT2D eigenvalue weighted by Gasteiger charge is 2.13. The van der Waals surface area contributed by atoms with Gasteiger partial charge < -0.3 is 10.5 Å². The highest BCUT2D eigenvalue weighted by atomic mass is 16.5. The van der Waals surface area contributed by atoms with E-state index in [1.807, 2.05) is 4.68 Å². The van der Waals surface area contributed by atoms with Gasteiger partial charge in [-0.05, 0) is 43.0 Å². The van der Waals surface area contributed by atoms with Gasteiger partial charge in [0.1, 0.15) is 5.75 Å². The van der Waals surface area contributed by atoms with Crippen LogP contribution in [0.15, 0.2) is 18.2 Å². The Bertz CT molecular complexity index is 584. The molecule has 114 valence electrons. The van der Waals surface area contributed by atoms with Crippen LogP contribution in [0.1, 0.15) is 43.0 Å². The first kappa shape index (κ1) is 15.4. The van der Waals surface area contributed by atoms with Gasteiger partial charge in [0.05, 0.1) is 12.3 Å². The summed E-state index contributed by atoms with van der Waals surface area (Å²) in [5.74, 6) is 1.77. The molecule has 0 amide bonds. The zero-order valence-electron chi connectivity index (χ0n) is 13.3. The Morgan fingerprint density at radius 3 is 2.48 bits per heavy atom. The summed E-state index contributed by atoms with van der Waals surface area (Å²) in [6.07, 6.45) is 0.871. The highest BCUT2D eigenvalue weighted by Crippen LogP contribution is 2.19. The lowest BCUT2D eigenvalue weighted by Gasteiger charge is -2.11. The summed E-state index contributed by atoms with van der Waals surface area (Å²) in [6.45, 7) is 9.76. The third-order valence-corrected chi connectivity index (χ3v) is 3.33. The monoisotopic (exact) mass is 288 g/mol.